The van der Waals surface area contributed by atoms with Gasteiger partial charge in [-0.25, -0.2) is 0 Å². The Morgan fingerprint density at radius 1 is 1.14 bits per heavy atom. The van der Waals surface area contributed by atoms with E-state index in [0.29, 0.717) is 30.2 Å². The van der Waals surface area contributed by atoms with Crippen LogP contribution in [0.4, 0.5) is 0 Å². The summed E-state index contributed by atoms with van der Waals surface area (Å²) in [7, 11) is 0. The summed E-state index contributed by atoms with van der Waals surface area (Å²) in [6.07, 6.45) is 1.66. The Kier molecular flexibility index (Phi) is 7.40. The second-order valence-corrected chi connectivity index (χ2v) is 8.65. The normalized spacial score (nSPS) is 16.6. The zero-order valence-electron chi connectivity index (χ0n) is 16.0. The van der Waals surface area contributed by atoms with Crippen LogP contribution in [0.15, 0.2) is 53.4 Å². The van der Waals surface area contributed by atoms with E-state index in [1.54, 1.807) is 40.9 Å². The summed E-state index contributed by atoms with van der Waals surface area (Å²) in [4.78, 5) is 28.2. The van der Waals surface area contributed by atoms with E-state index in [1.807, 2.05) is 0 Å². The van der Waals surface area contributed by atoms with E-state index in [1.165, 1.54) is 10.5 Å². The van der Waals surface area contributed by atoms with E-state index < -0.39 is 0 Å². The fourth-order valence-electron chi connectivity index (χ4n) is 3.27. The quantitative estimate of drug-likeness (QED) is 0.560. The molecule has 2 aromatic carbocycles. The molecule has 0 spiro atoms. The van der Waals surface area contributed by atoms with Crippen LogP contribution in [0.1, 0.15) is 28.8 Å². The highest BCUT2D eigenvalue weighted by Gasteiger charge is 2.28. The highest BCUT2D eigenvalue weighted by Crippen LogP contribution is 2.20. The van der Waals surface area contributed by atoms with Crippen molar-refractivity contribution in [3.8, 4) is 0 Å². The fraction of sp³-hybridized carbons (Fsp3) is 0.364. The monoisotopic (exact) mass is 416 g/mol. The van der Waals surface area contributed by atoms with Crippen LogP contribution in [0.3, 0.4) is 0 Å². The van der Waals surface area contributed by atoms with Gasteiger partial charge in [0.2, 0.25) is 5.91 Å². The minimum Gasteiger partial charge on any atom is -0.355 e. The van der Waals surface area contributed by atoms with Gasteiger partial charge < -0.3 is 10.2 Å². The lowest BCUT2D eigenvalue weighted by molar-refractivity contribution is -0.126. The topological polar surface area (TPSA) is 49.4 Å². The number of likely N-dealkylation sites (tertiary alicyclic amines) is 1. The largest absolute Gasteiger partial charge is 0.355 e. The van der Waals surface area contributed by atoms with Crippen molar-refractivity contribution in [2.45, 2.75) is 24.7 Å². The molecule has 1 N–H and O–H groups in total. The predicted octanol–water partition coefficient (Wildman–Crippen LogP) is 4.41. The van der Waals surface area contributed by atoms with E-state index in [0.717, 1.165) is 18.6 Å². The van der Waals surface area contributed by atoms with Gasteiger partial charge in [-0.05, 0) is 56.2 Å². The highest BCUT2D eigenvalue weighted by molar-refractivity contribution is 7.99. The van der Waals surface area contributed by atoms with Crippen molar-refractivity contribution < 1.29 is 9.59 Å². The van der Waals surface area contributed by atoms with Crippen LogP contribution < -0.4 is 5.32 Å². The molecule has 2 aromatic rings. The number of carbonyl (C=O) groups excluding carboxylic acids is 2. The first-order chi connectivity index (χ1) is 13.5. The first-order valence-electron chi connectivity index (χ1n) is 9.55. The molecule has 2 amide bonds. The number of hydrogen-bond acceptors (Lipinski definition) is 3. The molecule has 1 fully saturated rings. The predicted molar refractivity (Wildman–Crippen MR) is 115 cm³/mol. The van der Waals surface area contributed by atoms with Crippen molar-refractivity contribution in [2.24, 2.45) is 5.92 Å². The molecule has 1 unspecified atom stereocenters. The molecule has 4 nitrogen and oxygen atoms in total. The molecule has 1 heterocycles. The lowest BCUT2D eigenvalue weighted by Gasteiger charge is -2.32. The Balaban J connectivity index is 1.45. The zero-order chi connectivity index (χ0) is 19.9. The van der Waals surface area contributed by atoms with Crippen LogP contribution in [0.5, 0.6) is 0 Å². The molecule has 0 radical (unpaired) electrons. The summed E-state index contributed by atoms with van der Waals surface area (Å²) in [5, 5.41) is 3.63. The smallest absolute Gasteiger partial charge is 0.253 e. The second-order valence-electron chi connectivity index (χ2n) is 7.05. The number of piperidine rings is 1. The van der Waals surface area contributed by atoms with Gasteiger partial charge in [0.05, 0.1) is 5.92 Å². The molecule has 1 saturated heterocycles. The van der Waals surface area contributed by atoms with Gasteiger partial charge in [-0.3, -0.25) is 9.59 Å². The van der Waals surface area contributed by atoms with E-state index in [-0.39, 0.29) is 17.7 Å². The number of aryl methyl sites for hydroxylation is 1. The number of rotatable bonds is 6. The maximum absolute atomic E-state index is 12.7. The number of nitrogens with one attached hydrogen (secondary N) is 1. The third-order valence-corrected chi connectivity index (χ3v) is 6.13. The number of benzene rings is 2. The van der Waals surface area contributed by atoms with Crippen molar-refractivity contribution >= 4 is 35.2 Å². The molecular weight excluding hydrogens is 392 g/mol. The maximum atomic E-state index is 12.7. The third kappa shape index (κ3) is 5.76. The Hall–Kier alpha value is -1.98. The minimum absolute atomic E-state index is 0.0379. The average molecular weight is 417 g/mol. The molecule has 0 aliphatic carbocycles. The molecule has 0 saturated carbocycles. The molecule has 0 bridgehead atoms. The Labute approximate surface area is 175 Å². The molecule has 1 aliphatic heterocycles. The second kappa shape index (κ2) is 9.99. The lowest BCUT2D eigenvalue weighted by Crippen LogP contribution is -2.45. The van der Waals surface area contributed by atoms with E-state index >= 15 is 0 Å². The highest BCUT2D eigenvalue weighted by atomic mass is 35.5. The van der Waals surface area contributed by atoms with Crippen LogP contribution >= 0.6 is 23.4 Å². The first kappa shape index (κ1) is 20.7. The van der Waals surface area contributed by atoms with Crippen molar-refractivity contribution in [3.63, 3.8) is 0 Å². The average Bonchev–Trinajstić information content (AvgIpc) is 2.72. The van der Waals surface area contributed by atoms with Gasteiger partial charge in [0.1, 0.15) is 0 Å². The number of nitrogens with zero attached hydrogens (tertiary/aromatic N) is 1. The molecule has 1 aliphatic rings. The van der Waals surface area contributed by atoms with Crippen LogP contribution in [0.25, 0.3) is 0 Å². The number of hydrogen-bond donors (Lipinski definition) is 1. The lowest BCUT2D eigenvalue weighted by atomic mass is 9.96. The number of carbonyl (C=O) groups is 2. The first-order valence-corrected chi connectivity index (χ1v) is 10.9. The van der Waals surface area contributed by atoms with Gasteiger partial charge in [0, 0.05) is 40.9 Å². The molecular formula is C22H25ClN2O2S. The standard InChI is InChI=1S/C22H25ClN2O2S/c1-16-4-10-20(11-5-16)28-14-12-24-21(26)18-3-2-13-25(15-18)22(27)17-6-8-19(23)9-7-17/h4-11,18H,2-3,12-15H2,1H3,(H,24,26). The molecule has 6 heteroatoms. The number of halogens is 1. The molecule has 28 heavy (non-hydrogen) atoms. The van der Waals surface area contributed by atoms with Crippen LogP contribution in [-0.2, 0) is 4.79 Å². The molecule has 148 valence electrons. The van der Waals surface area contributed by atoms with Gasteiger partial charge in [-0.15, -0.1) is 11.8 Å². The molecule has 0 aromatic heterocycles. The van der Waals surface area contributed by atoms with Crippen LogP contribution in [0, 0.1) is 12.8 Å². The Morgan fingerprint density at radius 2 is 1.86 bits per heavy atom. The van der Waals surface area contributed by atoms with Gasteiger partial charge in [-0.2, -0.15) is 0 Å². The van der Waals surface area contributed by atoms with Crippen molar-refractivity contribution in [1.82, 2.24) is 10.2 Å². The molecule has 1 atom stereocenters. The van der Waals surface area contributed by atoms with E-state index in [9.17, 15) is 9.59 Å². The van der Waals surface area contributed by atoms with Crippen LogP contribution in [-0.4, -0.2) is 42.1 Å². The third-order valence-electron chi connectivity index (χ3n) is 4.86. The van der Waals surface area contributed by atoms with Gasteiger partial charge >= 0.3 is 0 Å². The summed E-state index contributed by atoms with van der Waals surface area (Å²) in [6, 6.07) is 15.3. The fourth-order valence-corrected chi connectivity index (χ4v) is 4.17. The van der Waals surface area contributed by atoms with Crippen molar-refractivity contribution in [1.29, 1.82) is 0 Å². The summed E-state index contributed by atoms with van der Waals surface area (Å²) in [6.45, 7) is 3.85. The Bertz CT molecular complexity index is 808. The minimum atomic E-state index is -0.144. The number of thioether (sulfide) groups is 1. The maximum Gasteiger partial charge on any atom is 0.253 e. The van der Waals surface area contributed by atoms with Gasteiger partial charge in [0.15, 0.2) is 0 Å². The number of amides is 2. The summed E-state index contributed by atoms with van der Waals surface area (Å²) >= 11 is 7.63. The molecule has 3 rings (SSSR count). The SMILES string of the molecule is Cc1ccc(SCCNC(=O)C2CCCN(C(=O)c3ccc(Cl)cc3)C2)cc1. The van der Waals surface area contributed by atoms with Gasteiger partial charge in [-0.1, -0.05) is 29.3 Å². The summed E-state index contributed by atoms with van der Waals surface area (Å²) in [5.41, 5.74) is 1.85. The van der Waals surface area contributed by atoms with E-state index in [2.05, 4.69) is 36.5 Å². The summed E-state index contributed by atoms with van der Waals surface area (Å²) in [5.74, 6) is 0.686. The van der Waals surface area contributed by atoms with E-state index in [4.69, 9.17) is 11.6 Å². The Morgan fingerprint density at radius 3 is 2.57 bits per heavy atom. The van der Waals surface area contributed by atoms with Crippen molar-refractivity contribution in [3.05, 3.63) is 64.7 Å². The van der Waals surface area contributed by atoms with Crippen molar-refractivity contribution in [2.75, 3.05) is 25.4 Å². The van der Waals surface area contributed by atoms with Gasteiger partial charge in [0.25, 0.3) is 5.91 Å². The van der Waals surface area contributed by atoms with Crippen LogP contribution in [0.2, 0.25) is 5.02 Å². The summed E-state index contributed by atoms with van der Waals surface area (Å²) < 4.78 is 0. The zero-order valence-corrected chi connectivity index (χ0v) is 17.6.